The summed E-state index contributed by atoms with van der Waals surface area (Å²) in [5.74, 6) is -0.463. The number of halogens is 1. The number of carbonyl (C=O) groups is 1. The van der Waals surface area contributed by atoms with Crippen LogP contribution in [0.1, 0.15) is 15.9 Å². The standard InChI is InChI=1S/C13H12BrN3O2/c1-8-10(14)4-3-5-11(8)16-12(18)9-6-15-7-17(2)13(9)19/h3-7H,1-2H3,(H,16,18). The SMILES string of the molecule is Cc1c(Br)cccc1NC(=O)c1cncn(C)c1=O. The molecule has 2 rings (SSSR count). The molecule has 2 aromatic rings. The molecule has 5 nitrogen and oxygen atoms in total. The molecule has 0 radical (unpaired) electrons. The number of hydrogen-bond donors (Lipinski definition) is 1. The Morgan fingerprint density at radius 1 is 1.42 bits per heavy atom. The van der Waals surface area contributed by atoms with E-state index >= 15 is 0 Å². The molecule has 0 saturated heterocycles. The predicted molar refractivity (Wildman–Crippen MR) is 76.3 cm³/mol. The number of carbonyl (C=O) groups excluding carboxylic acids is 1. The molecule has 0 atom stereocenters. The summed E-state index contributed by atoms with van der Waals surface area (Å²) in [4.78, 5) is 27.7. The molecule has 0 aliphatic heterocycles. The van der Waals surface area contributed by atoms with Gasteiger partial charge in [-0.3, -0.25) is 9.59 Å². The Labute approximate surface area is 118 Å². The summed E-state index contributed by atoms with van der Waals surface area (Å²) in [6, 6.07) is 5.47. The van der Waals surface area contributed by atoms with Crippen molar-refractivity contribution in [3.05, 3.63) is 56.7 Å². The molecule has 0 spiro atoms. The van der Waals surface area contributed by atoms with Crippen LogP contribution in [-0.4, -0.2) is 15.5 Å². The number of benzene rings is 1. The normalized spacial score (nSPS) is 10.3. The maximum absolute atomic E-state index is 12.1. The molecule has 0 fully saturated rings. The van der Waals surface area contributed by atoms with Gasteiger partial charge >= 0.3 is 0 Å². The maximum atomic E-state index is 12.1. The molecule has 19 heavy (non-hydrogen) atoms. The summed E-state index contributed by atoms with van der Waals surface area (Å²) in [7, 11) is 1.55. The highest BCUT2D eigenvalue weighted by atomic mass is 79.9. The van der Waals surface area contributed by atoms with E-state index in [0.717, 1.165) is 10.0 Å². The summed E-state index contributed by atoms with van der Waals surface area (Å²) in [5.41, 5.74) is 1.20. The Kier molecular flexibility index (Phi) is 3.80. The minimum absolute atomic E-state index is 0.0179. The lowest BCUT2D eigenvalue weighted by Crippen LogP contribution is -2.28. The zero-order chi connectivity index (χ0) is 14.0. The molecule has 0 aliphatic carbocycles. The van der Waals surface area contributed by atoms with E-state index in [4.69, 9.17) is 0 Å². The first-order valence-corrected chi connectivity index (χ1v) is 6.37. The van der Waals surface area contributed by atoms with Crippen molar-refractivity contribution >= 4 is 27.5 Å². The third kappa shape index (κ3) is 2.73. The van der Waals surface area contributed by atoms with Crippen LogP contribution < -0.4 is 10.9 Å². The fourth-order valence-corrected chi connectivity index (χ4v) is 1.96. The fraction of sp³-hybridized carbons (Fsp3) is 0.154. The monoisotopic (exact) mass is 321 g/mol. The topological polar surface area (TPSA) is 64.0 Å². The molecule has 0 aliphatic rings. The van der Waals surface area contributed by atoms with Crippen LogP contribution in [0.5, 0.6) is 0 Å². The molecule has 1 aromatic carbocycles. The van der Waals surface area contributed by atoms with E-state index in [1.165, 1.54) is 17.1 Å². The van der Waals surface area contributed by atoms with Gasteiger partial charge in [-0.2, -0.15) is 0 Å². The molecular formula is C13H12BrN3O2. The van der Waals surface area contributed by atoms with E-state index in [9.17, 15) is 9.59 Å². The number of aryl methyl sites for hydroxylation is 1. The van der Waals surface area contributed by atoms with Crippen molar-refractivity contribution in [2.75, 3.05) is 5.32 Å². The second-order valence-corrected chi connectivity index (χ2v) is 4.94. The maximum Gasteiger partial charge on any atom is 0.265 e. The van der Waals surface area contributed by atoms with Gasteiger partial charge < -0.3 is 9.88 Å². The van der Waals surface area contributed by atoms with Crippen molar-refractivity contribution in [3.63, 3.8) is 0 Å². The number of aromatic nitrogens is 2. The second kappa shape index (κ2) is 5.36. The van der Waals surface area contributed by atoms with E-state index in [1.54, 1.807) is 13.1 Å². The van der Waals surface area contributed by atoms with Gasteiger partial charge in [0.1, 0.15) is 5.56 Å². The van der Waals surface area contributed by atoms with E-state index in [1.807, 2.05) is 19.1 Å². The summed E-state index contributed by atoms with van der Waals surface area (Å²) < 4.78 is 2.16. The lowest BCUT2D eigenvalue weighted by atomic mass is 10.2. The molecule has 1 heterocycles. The van der Waals surface area contributed by atoms with Crippen molar-refractivity contribution in [3.8, 4) is 0 Å². The van der Waals surface area contributed by atoms with Crippen LogP contribution in [0.25, 0.3) is 0 Å². The Morgan fingerprint density at radius 2 is 2.16 bits per heavy atom. The predicted octanol–water partition coefficient (Wildman–Crippen LogP) is 2.10. The molecule has 1 aromatic heterocycles. The van der Waals surface area contributed by atoms with E-state index in [0.29, 0.717) is 5.69 Å². The average Bonchev–Trinajstić information content (AvgIpc) is 2.38. The largest absolute Gasteiger partial charge is 0.321 e. The zero-order valence-electron chi connectivity index (χ0n) is 10.5. The first-order chi connectivity index (χ1) is 9.00. The number of anilines is 1. The Balaban J connectivity index is 2.34. The summed E-state index contributed by atoms with van der Waals surface area (Å²) >= 11 is 3.39. The Bertz CT molecular complexity index is 695. The molecular weight excluding hydrogens is 310 g/mol. The van der Waals surface area contributed by atoms with Gasteiger partial charge in [0, 0.05) is 23.4 Å². The van der Waals surface area contributed by atoms with Crippen LogP contribution in [0, 0.1) is 6.92 Å². The highest BCUT2D eigenvalue weighted by Crippen LogP contribution is 2.23. The van der Waals surface area contributed by atoms with Gasteiger partial charge in [0.15, 0.2) is 0 Å². The van der Waals surface area contributed by atoms with Crippen LogP contribution in [0.2, 0.25) is 0 Å². The highest BCUT2D eigenvalue weighted by Gasteiger charge is 2.13. The van der Waals surface area contributed by atoms with Crippen LogP contribution >= 0.6 is 15.9 Å². The van der Waals surface area contributed by atoms with Crippen LogP contribution in [-0.2, 0) is 7.05 Å². The van der Waals surface area contributed by atoms with Crippen LogP contribution in [0.4, 0.5) is 5.69 Å². The van der Waals surface area contributed by atoms with Gasteiger partial charge in [0.05, 0.1) is 6.33 Å². The van der Waals surface area contributed by atoms with Gasteiger partial charge in [0.2, 0.25) is 0 Å². The highest BCUT2D eigenvalue weighted by molar-refractivity contribution is 9.10. The Morgan fingerprint density at radius 3 is 2.89 bits per heavy atom. The summed E-state index contributed by atoms with van der Waals surface area (Å²) in [5, 5.41) is 2.71. The first-order valence-electron chi connectivity index (χ1n) is 5.58. The number of nitrogens with one attached hydrogen (secondary N) is 1. The molecule has 6 heteroatoms. The fourth-order valence-electron chi connectivity index (χ4n) is 1.59. The van der Waals surface area contributed by atoms with Crippen molar-refractivity contribution in [1.82, 2.24) is 9.55 Å². The molecule has 1 N–H and O–H groups in total. The number of rotatable bonds is 2. The third-order valence-corrected chi connectivity index (χ3v) is 3.61. The lowest BCUT2D eigenvalue weighted by molar-refractivity contribution is 0.102. The number of nitrogens with zero attached hydrogens (tertiary/aromatic N) is 2. The van der Waals surface area contributed by atoms with Crippen molar-refractivity contribution in [2.45, 2.75) is 6.92 Å². The minimum atomic E-state index is -0.463. The van der Waals surface area contributed by atoms with Crippen molar-refractivity contribution < 1.29 is 4.79 Å². The van der Waals surface area contributed by atoms with Crippen LogP contribution in [0.3, 0.4) is 0 Å². The molecule has 98 valence electrons. The quantitative estimate of drug-likeness (QED) is 0.921. The van der Waals surface area contributed by atoms with Crippen molar-refractivity contribution in [2.24, 2.45) is 7.05 Å². The molecule has 0 bridgehead atoms. The molecule has 0 unspecified atom stereocenters. The number of amides is 1. The van der Waals surface area contributed by atoms with Gasteiger partial charge in [-0.15, -0.1) is 0 Å². The zero-order valence-corrected chi connectivity index (χ0v) is 12.1. The summed E-state index contributed by atoms with van der Waals surface area (Å²) in [6.45, 7) is 1.88. The second-order valence-electron chi connectivity index (χ2n) is 4.09. The van der Waals surface area contributed by atoms with E-state index in [2.05, 4.69) is 26.2 Å². The van der Waals surface area contributed by atoms with Gasteiger partial charge in [-0.1, -0.05) is 22.0 Å². The smallest absolute Gasteiger partial charge is 0.265 e. The van der Waals surface area contributed by atoms with Crippen molar-refractivity contribution in [1.29, 1.82) is 0 Å². The molecule has 1 amide bonds. The Hall–Kier alpha value is -1.95. The van der Waals surface area contributed by atoms with Gasteiger partial charge in [0.25, 0.3) is 11.5 Å². The lowest BCUT2D eigenvalue weighted by Gasteiger charge is -2.09. The minimum Gasteiger partial charge on any atom is -0.321 e. The van der Waals surface area contributed by atoms with E-state index in [-0.39, 0.29) is 11.1 Å². The van der Waals surface area contributed by atoms with Gasteiger partial charge in [-0.25, -0.2) is 4.98 Å². The summed E-state index contributed by atoms with van der Waals surface area (Å²) in [6.07, 6.45) is 2.63. The number of hydrogen-bond acceptors (Lipinski definition) is 3. The van der Waals surface area contributed by atoms with E-state index < -0.39 is 5.91 Å². The van der Waals surface area contributed by atoms with Crippen LogP contribution in [0.15, 0.2) is 40.0 Å². The molecule has 0 saturated carbocycles. The third-order valence-electron chi connectivity index (χ3n) is 2.75. The van der Waals surface area contributed by atoms with Gasteiger partial charge in [-0.05, 0) is 24.6 Å². The average molecular weight is 322 g/mol. The first kappa shape index (κ1) is 13.5.